The Morgan fingerprint density at radius 3 is 2.75 bits per heavy atom. The molecule has 5 heteroatoms. The molecular formula is C11H23NO3S. The molecule has 1 rings (SSSR count). The molecule has 0 spiro atoms. The van der Waals surface area contributed by atoms with Gasteiger partial charge in [0.25, 0.3) is 0 Å². The molecule has 0 amide bonds. The Labute approximate surface area is 98.5 Å². The summed E-state index contributed by atoms with van der Waals surface area (Å²) in [5, 5.41) is 8.57. The van der Waals surface area contributed by atoms with E-state index in [-0.39, 0.29) is 12.4 Å². The van der Waals surface area contributed by atoms with Crippen LogP contribution in [0.4, 0.5) is 0 Å². The van der Waals surface area contributed by atoms with Crippen molar-refractivity contribution in [3.05, 3.63) is 0 Å². The van der Waals surface area contributed by atoms with Crippen molar-refractivity contribution >= 4 is 10.0 Å². The Balaban J connectivity index is 2.19. The zero-order valence-corrected chi connectivity index (χ0v) is 10.8. The van der Waals surface area contributed by atoms with Crippen LogP contribution in [0.25, 0.3) is 0 Å². The first kappa shape index (κ1) is 13.9. The second-order valence-corrected chi connectivity index (χ2v) is 6.79. The fraction of sp³-hybridized carbons (Fsp3) is 1.00. The van der Waals surface area contributed by atoms with Gasteiger partial charge in [-0.3, -0.25) is 0 Å². The van der Waals surface area contributed by atoms with Gasteiger partial charge < -0.3 is 5.11 Å². The highest BCUT2D eigenvalue weighted by Crippen LogP contribution is 2.30. The standard InChI is InChI=1S/C11H23NO3S/c1-10-3-2-4-11(9-10)5-6-12-16(14,15)8-7-13/h10-13H,2-9H2,1H3. The summed E-state index contributed by atoms with van der Waals surface area (Å²) in [5.41, 5.74) is 0. The van der Waals surface area contributed by atoms with Gasteiger partial charge in [0, 0.05) is 6.54 Å². The summed E-state index contributed by atoms with van der Waals surface area (Å²) in [5.74, 6) is 1.27. The van der Waals surface area contributed by atoms with Gasteiger partial charge in [-0.05, 0) is 24.7 Å². The van der Waals surface area contributed by atoms with Crippen molar-refractivity contribution in [2.75, 3.05) is 18.9 Å². The van der Waals surface area contributed by atoms with Crippen molar-refractivity contribution in [1.82, 2.24) is 4.72 Å². The average Bonchev–Trinajstić information content (AvgIpc) is 2.17. The van der Waals surface area contributed by atoms with Crippen LogP contribution in [-0.4, -0.2) is 32.4 Å². The second-order valence-electron chi connectivity index (χ2n) is 4.86. The van der Waals surface area contributed by atoms with Crippen LogP contribution in [-0.2, 0) is 10.0 Å². The molecule has 0 radical (unpaired) electrons. The minimum atomic E-state index is -3.25. The summed E-state index contributed by atoms with van der Waals surface area (Å²) < 4.78 is 25.1. The van der Waals surface area contributed by atoms with E-state index >= 15 is 0 Å². The van der Waals surface area contributed by atoms with Crippen molar-refractivity contribution < 1.29 is 13.5 Å². The van der Waals surface area contributed by atoms with Crippen molar-refractivity contribution in [3.8, 4) is 0 Å². The van der Waals surface area contributed by atoms with Gasteiger partial charge in [0.05, 0.1) is 12.4 Å². The van der Waals surface area contributed by atoms with Crippen molar-refractivity contribution in [1.29, 1.82) is 0 Å². The third-order valence-corrected chi connectivity index (χ3v) is 4.64. The topological polar surface area (TPSA) is 66.4 Å². The third kappa shape index (κ3) is 5.27. The molecule has 1 aliphatic carbocycles. The lowest BCUT2D eigenvalue weighted by molar-refractivity contribution is 0.270. The van der Waals surface area contributed by atoms with E-state index in [1.807, 2.05) is 0 Å². The largest absolute Gasteiger partial charge is 0.395 e. The van der Waals surface area contributed by atoms with Gasteiger partial charge in [0.1, 0.15) is 0 Å². The van der Waals surface area contributed by atoms with Gasteiger partial charge in [0.15, 0.2) is 0 Å². The Morgan fingerprint density at radius 2 is 2.12 bits per heavy atom. The number of aliphatic hydroxyl groups excluding tert-OH is 1. The molecule has 2 atom stereocenters. The molecule has 0 bridgehead atoms. The van der Waals surface area contributed by atoms with Crippen LogP contribution in [0.5, 0.6) is 0 Å². The van der Waals surface area contributed by atoms with Gasteiger partial charge in [-0.25, -0.2) is 13.1 Å². The predicted octanol–water partition coefficient (Wildman–Crippen LogP) is 1.11. The molecular weight excluding hydrogens is 226 g/mol. The van der Waals surface area contributed by atoms with Crippen LogP contribution in [0.15, 0.2) is 0 Å². The first-order valence-electron chi connectivity index (χ1n) is 6.11. The summed E-state index contributed by atoms with van der Waals surface area (Å²) in [7, 11) is -3.25. The fourth-order valence-corrected chi connectivity index (χ4v) is 3.25. The number of sulfonamides is 1. The maximum atomic E-state index is 11.3. The van der Waals surface area contributed by atoms with E-state index in [1.165, 1.54) is 25.7 Å². The monoisotopic (exact) mass is 249 g/mol. The smallest absolute Gasteiger partial charge is 0.213 e. The molecule has 96 valence electrons. The van der Waals surface area contributed by atoms with E-state index in [9.17, 15) is 8.42 Å². The molecule has 2 unspecified atom stereocenters. The molecule has 0 aliphatic heterocycles. The molecule has 0 aromatic rings. The van der Waals surface area contributed by atoms with E-state index < -0.39 is 10.0 Å². The van der Waals surface area contributed by atoms with E-state index in [2.05, 4.69) is 11.6 Å². The van der Waals surface area contributed by atoms with Crippen LogP contribution >= 0.6 is 0 Å². The summed E-state index contributed by atoms with van der Waals surface area (Å²) >= 11 is 0. The SMILES string of the molecule is CC1CCCC(CCNS(=O)(=O)CCO)C1. The number of hydrogen-bond donors (Lipinski definition) is 2. The summed E-state index contributed by atoms with van der Waals surface area (Å²) in [6.45, 7) is 2.47. The quantitative estimate of drug-likeness (QED) is 0.741. The van der Waals surface area contributed by atoms with Crippen molar-refractivity contribution in [3.63, 3.8) is 0 Å². The van der Waals surface area contributed by atoms with Crippen LogP contribution in [0, 0.1) is 11.8 Å². The highest BCUT2D eigenvalue weighted by Gasteiger charge is 2.19. The zero-order valence-electron chi connectivity index (χ0n) is 9.98. The van der Waals surface area contributed by atoms with E-state index in [1.54, 1.807) is 0 Å². The first-order valence-corrected chi connectivity index (χ1v) is 7.77. The van der Waals surface area contributed by atoms with E-state index in [0.717, 1.165) is 12.3 Å². The lowest BCUT2D eigenvalue weighted by Gasteiger charge is -2.26. The summed E-state index contributed by atoms with van der Waals surface area (Å²) in [4.78, 5) is 0. The van der Waals surface area contributed by atoms with Crippen LogP contribution < -0.4 is 4.72 Å². The van der Waals surface area contributed by atoms with Crippen molar-refractivity contribution in [2.24, 2.45) is 11.8 Å². The Morgan fingerprint density at radius 1 is 1.38 bits per heavy atom. The van der Waals surface area contributed by atoms with Crippen LogP contribution in [0.2, 0.25) is 0 Å². The Kier molecular flexibility index (Phi) is 5.72. The Bertz CT molecular complexity index is 290. The average molecular weight is 249 g/mol. The van der Waals surface area contributed by atoms with E-state index in [0.29, 0.717) is 12.5 Å². The van der Waals surface area contributed by atoms with Gasteiger partial charge in [-0.15, -0.1) is 0 Å². The summed E-state index contributed by atoms with van der Waals surface area (Å²) in [6, 6.07) is 0. The predicted molar refractivity (Wildman–Crippen MR) is 64.6 cm³/mol. The van der Waals surface area contributed by atoms with Gasteiger partial charge >= 0.3 is 0 Å². The Hall–Kier alpha value is -0.130. The molecule has 0 saturated heterocycles. The number of hydrogen-bond acceptors (Lipinski definition) is 3. The lowest BCUT2D eigenvalue weighted by Crippen LogP contribution is -2.30. The van der Waals surface area contributed by atoms with Crippen LogP contribution in [0.1, 0.15) is 39.0 Å². The molecule has 0 aromatic heterocycles. The van der Waals surface area contributed by atoms with Gasteiger partial charge in [0.2, 0.25) is 10.0 Å². The molecule has 0 aromatic carbocycles. The second kappa shape index (κ2) is 6.57. The molecule has 0 heterocycles. The third-order valence-electron chi connectivity index (χ3n) is 3.28. The van der Waals surface area contributed by atoms with Gasteiger partial charge in [-0.1, -0.05) is 26.2 Å². The highest BCUT2D eigenvalue weighted by atomic mass is 32.2. The number of nitrogens with one attached hydrogen (secondary N) is 1. The maximum absolute atomic E-state index is 11.3. The normalized spacial score (nSPS) is 26.9. The van der Waals surface area contributed by atoms with Gasteiger partial charge in [-0.2, -0.15) is 0 Å². The number of aliphatic hydroxyl groups is 1. The lowest BCUT2D eigenvalue weighted by atomic mass is 9.81. The fourth-order valence-electron chi connectivity index (χ4n) is 2.43. The minimum absolute atomic E-state index is 0.186. The first-order chi connectivity index (χ1) is 7.53. The molecule has 16 heavy (non-hydrogen) atoms. The molecule has 1 aliphatic rings. The van der Waals surface area contributed by atoms with E-state index in [4.69, 9.17) is 5.11 Å². The minimum Gasteiger partial charge on any atom is -0.395 e. The molecule has 1 fully saturated rings. The molecule has 2 N–H and O–H groups in total. The highest BCUT2D eigenvalue weighted by molar-refractivity contribution is 7.89. The molecule has 4 nitrogen and oxygen atoms in total. The van der Waals surface area contributed by atoms with Crippen LogP contribution in [0.3, 0.4) is 0 Å². The summed E-state index contributed by atoms with van der Waals surface area (Å²) in [6.07, 6.45) is 5.96. The molecule has 1 saturated carbocycles. The van der Waals surface area contributed by atoms with Crippen molar-refractivity contribution in [2.45, 2.75) is 39.0 Å². The number of rotatable bonds is 6. The maximum Gasteiger partial charge on any atom is 0.213 e. The zero-order chi connectivity index (χ0) is 12.0.